The maximum absolute atomic E-state index is 13.5. The number of nitrogens with zero attached hydrogens (tertiary/aromatic N) is 6. The van der Waals surface area contributed by atoms with Gasteiger partial charge in [-0.3, -0.25) is 9.59 Å². The summed E-state index contributed by atoms with van der Waals surface area (Å²) < 4.78 is 32.3. The molecule has 194 valence electrons. The summed E-state index contributed by atoms with van der Waals surface area (Å²) in [6.45, 7) is 1.37. The molecule has 5 heterocycles. The molecule has 2 saturated heterocycles. The van der Waals surface area contributed by atoms with Crippen LogP contribution in [0, 0.1) is 0 Å². The van der Waals surface area contributed by atoms with Crippen molar-refractivity contribution in [3.63, 3.8) is 0 Å². The fraction of sp³-hybridized carbons (Fsp3) is 0.417. The van der Waals surface area contributed by atoms with Gasteiger partial charge in [-0.05, 0) is 25.1 Å². The Morgan fingerprint density at radius 3 is 2.54 bits per heavy atom. The number of carbonyl (C=O) groups excluding carboxylic acids is 2. The van der Waals surface area contributed by atoms with Gasteiger partial charge in [0.2, 0.25) is 17.5 Å². The minimum absolute atomic E-state index is 0.00147. The molecule has 0 unspecified atom stereocenters. The molecule has 2 N–H and O–H groups in total. The molecule has 0 radical (unpaired) electrons. The summed E-state index contributed by atoms with van der Waals surface area (Å²) in [6, 6.07) is 7.48. The molecule has 0 saturated carbocycles. The van der Waals surface area contributed by atoms with Crippen LogP contribution in [0.15, 0.2) is 41.1 Å². The van der Waals surface area contributed by atoms with Crippen LogP contribution in [0.4, 0.5) is 14.7 Å². The molecule has 5 rings (SSSR count). The molecule has 0 spiro atoms. The molecule has 2 atom stereocenters. The van der Waals surface area contributed by atoms with E-state index in [2.05, 4.69) is 25.4 Å². The van der Waals surface area contributed by atoms with Crippen molar-refractivity contribution < 1.29 is 28.0 Å². The van der Waals surface area contributed by atoms with Crippen molar-refractivity contribution in [1.82, 2.24) is 29.9 Å². The molecule has 11 nitrogen and oxygen atoms in total. The minimum Gasteiger partial charge on any atom is -0.373 e. The Balaban J connectivity index is 1.32. The van der Waals surface area contributed by atoms with Crippen LogP contribution in [0.3, 0.4) is 0 Å². The van der Waals surface area contributed by atoms with Crippen LogP contribution < -0.4 is 5.32 Å². The van der Waals surface area contributed by atoms with Crippen LogP contribution in [0.1, 0.15) is 25.5 Å². The third kappa shape index (κ3) is 4.73. The minimum atomic E-state index is -2.87. The van der Waals surface area contributed by atoms with Crippen LogP contribution in [0.2, 0.25) is 0 Å². The predicted molar refractivity (Wildman–Crippen MR) is 126 cm³/mol. The zero-order valence-electron chi connectivity index (χ0n) is 20.2. The SMILES string of the molecule is C[C@@H](Nc1nccc(-c2cccc(-c3cc([C@]4(O)CCN(C)C4=O)on3)n2)n1)C(=O)N1CCC(F)(F)C1. The van der Waals surface area contributed by atoms with Gasteiger partial charge in [-0.25, -0.2) is 23.7 Å². The molecule has 2 fully saturated rings. The van der Waals surface area contributed by atoms with Crippen molar-refractivity contribution in [1.29, 1.82) is 0 Å². The van der Waals surface area contributed by atoms with Gasteiger partial charge in [0, 0.05) is 45.2 Å². The Morgan fingerprint density at radius 1 is 1.14 bits per heavy atom. The van der Waals surface area contributed by atoms with Crippen molar-refractivity contribution in [3.8, 4) is 22.8 Å². The highest BCUT2D eigenvalue weighted by Crippen LogP contribution is 2.34. The molecular formula is C24H25F2N7O4. The van der Waals surface area contributed by atoms with Crippen molar-refractivity contribution in [3.05, 3.63) is 42.3 Å². The number of amides is 2. The van der Waals surface area contributed by atoms with Gasteiger partial charge < -0.3 is 24.7 Å². The molecule has 3 aromatic rings. The summed E-state index contributed by atoms with van der Waals surface area (Å²) in [4.78, 5) is 40.6. The van der Waals surface area contributed by atoms with Crippen LogP contribution in [0.25, 0.3) is 22.8 Å². The first-order chi connectivity index (χ1) is 17.6. The maximum atomic E-state index is 13.5. The van der Waals surface area contributed by atoms with E-state index in [0.29, 0.717) is 29.3 Å². The van der Waals surface area contributed by atoms with Gasteiger partial charge in [-0.15, -0.1) is 0 Å². The number of hydrogen-bond donors (Lipinski definition) is 2. The summed E-state index contributed by atoms with van der Waals surface area (Å²) in [5.41, 5.74) is -0.0740. The second-order valence-electron chi connectivity index (χ2n) is 9.32. The number of likely N-dealkylation sites (tertiary alicyclic amines) is 2. The van der Waals surface area contributed by atoms with Gasteiger partial charge in [-0.1, -0.05) is 11.2 Å². The van der Waals surface area contributed by atoms with Crippen LogP contribution in [-0.4, -0.2) is 85.5 Å². The van der Waals surface area contributed by atoms with E-state index in [1.165, 1.54) is 17.2 Å². The molecule has 2 amide bonds. The average Bonchev–Trinajstić information content (AvgIpc) is 3.59. The van der Waals surface area contributed by atoms with Crippen molar-refractivity contribution in [2.45, 2.75) is 37.3 Å². The number of aliphatic hydroxyl groups is 1. The average molecular weight is 514 g/mol. The van der Waals surface area contributed by atoms with Gasteiger partial charge in [0.15, 0.2) is 5.76 Å². The monoisotopic (exact) mass is 513 g/mol. The first-order valence-corrected chi connectivity index (χ1v) is 11.7. The molecule has 2 aliphatic heterocycles. The Kier molecular flexibility index (Phi) is 6.10. The Labute approximate surface area is 210 Å². The highest BCUT2D eigenvalue weighted by atomic mass is 19.3. The summed E-state index contributed by atoms with van der Waals surface area (Å²) in [5.74, 6) is -3.59. The van der Waals surface area contributed by atoms with Crippen LogP contribution >= 0.6 is 0 Å². The fourth-order valence-electron chi connectivity index (χ4n) is 4.42. The van der Waals surface area contributed by atoms with E-state index in [-0.39, 0.29) is 31.1 Å². The number of alkyl halides is 2. The summed E-state index contributed by atoms with van der Waals surface area (Å²) in [7, 11) is 1.61. The number of rotatable bonds is 6. The molecule has 0 aromatic carbocycles. The molecule has 3 aromatic heterocycles. The normalized spacial score (nSPS) is 21.9. The quantitative estimate of drug-likeness (QED) is 0.506. The number of carbonyl (C=O) groups is 2. The number of anilines is 1. The van der Waals surface area contributed by atoms with E-state index in [1.807, 2.05) is 0 Å². The lowest BCUT2D eigenvalue weighted by atomic mass is 9.98. The van der Waals surface area contributed by atoms with Gasteiger partial charge in [0.25, 0.3) is 11.8 Å². The largest absolute Gasteiger partial charge is 0.373 e. The van der Waals surface area contributed by atoms with E-state index in [9.17, 15) is 23.5 Å². The summed E-state index contributed by atoms with van der Waals surface area (Å²) in [6.07, 6.45) is 1.34. The number of hydrogen-bond acceptors (Lipinski definition) is 9. The summed E-state index contributed by atoms with van der Waals surface area (Å²) >= 11 is 0. The zero-order valence-corrected chi connectivity index (χ0v) is 20.2. The highest BCUT2D eigenvalue weighted by Gasteiger charge is 2.48. The molecule has 0 aliphatic carbocycles. The Bertz CT molecular complexity index is 1350. The Hall–Kier alpha value is -4.00. The topological polar surface area (TPSA) is 138 Å². The van der Waals surface area contributed by atoms with Gasteiger partial charge in [0.1, 0.15) is 11.7 Å². The lowest BCUT2D eigenvalue weighted by Crippen LogP contribution is -2.41. The van der Waals surface area contributed by atoms with Crippen molar-refractivity contribution in [2.24, 2.45) is 0 Å². The van der Waals surface area contributed by atoms with Crippen LogP contribution in [0.5, 0.6) is 0 Å². The number of pyridine rings is 1. The van der Waals surface area contributed by atoms with E-state index in [1.54, 1.807) is 38.2 Å². The second-order valence-corrected chi connectivity index (χ2v) is 9.32. The molecule has 37 heavy (non-hydrogen) atoms. The van der Waals surface area contributed by atoms with Gasteiger partial charge in [0.05, 0.1) is 23.6 Å². The first-order valence-electron chi connectivity index (χ1n) is 11.7. The van der Waals surface area contributed by atoms with E-state index in [4.69, 9.17) is 4.52 Å². The Morgan fingerprint density at radius 2 is 1.86 bits per heavy atom. The standard InChI is InChI=1S/C24H25F2N7O4/c1-14(20(34)33-11-7-23(25,26)13-33)28-22-27-9-6-17(30-22)15-4-3-5-16(29-15)18-12-19(37-31-18)24(36)8-10-32(2)21(24)35/h3-6,9,12,14,36H,7-8,10-11,13H2,1-2H3,(H,27,28,30)/t14-,24-/m1/s1. The lowest BCUT2D eigenvalue weighted by molar-refractivity contribution is -0.144. The zero-order chi connectivity index (χ0) is 26.4. The van der Waals surface area contributed by atoms with E-state index >= 15 is 0 Å². The molecule has 13 heteroatoms. The highest BCUT2D eigenvalue weighted by molar-refractivity contribution is 5.87. The molecule has 0 bridgehead atoms. The lowest BCUT2D eigenvalue weighted by Gasteiger charge is -2.21. The number of halogens is 2. The van der Waals surface area contributed by atoms with Gasteiger partial charge >= 0.3 is 0 Å². The van der Waals surface area contributed by atoms with E-state index in [0.717, 1.165) is 4.90 Å². The summed E-state index contributed by atoms with van der Waals surface area (Å²) in [5, 5.41) is 17.7. The molecular weight excluding hydrogens is 488 g/mol. The fourth-order valence-corrected chi connectivity index (χ4v) is 4.42. The third-order valence-corrected chi connectivity index (χ3v) is 6.55. The first kappa shape index (κ1) is 24.7. The second kappa shape index (κ2) is 9.14. The molecule has 2 aliphatic rings. The number of nitrogens with one attached hydrogen (secondary N) is 1. The predicted octanol–water partition coefficient (Wildman–Crippen LogP) is 1.91. The smallest absolute Gasteiger partial charge is 0.267 e. The van der Waals surface area contributed by atoms with E-state index < -0.39 is 35.9 Å². The number of aromatic nitrogens is 4. The number of likely N-dealkylation sites (N-methyl/N-ethyl adjacent to an activating group) is 1. The maximum Gasteiger partial charge on any atom is 0.267 e. The van der Waals surface area contributed by atoms with Crippen molar-refractivity contribution in [2.75, 3.05) is 32.0 Å². The van der Waals surface area contributed by atoms with Crippen molar-refractivity contribution >= 4 is 17.8 Å². The third-order valence-electron chi connectivity index (χ3n) is 6.55. The van der Waals surface area contributed by atoms with Crippen LogP contribution in [-0.2, 0) is 15.2 Å². The van der Waals surface area contributed by atoms with Gasteiger partial charge in [-0.2, -0.15) is 0 Å².